The maximum Gasteiger partial charge on any atom is 0.243 e. The summed E-state index contributed by atoms with van der Waals surface area (Å²) in [6.07, 6.45) is 1.66. The van der Waals surface area contributed by atoms with Crippen molar-refractivity contribution in [2.75, 3.05) is 11.9 Å². The third-order valence-electron chi connectivity index (χ3n) is 2.90. The molecule has 0 saturated heterocycles. The average molecular weight is 286 g/mol. The van der Waals surface area contributed by atoms with Crippen LogP contribution in [0.3, 0.4) is 0 Å². The van der Waals surface area contributed by atoms with E-state index in [1.54, 1.807) is 26.1 Å². The molecule has 0 radical (unpaired) electrons. The summed E-state index contributed by atoms with van der Waals surface area (Å²) in [5.74, 6) is -0.709. The van der Waals surface area contributed by atoms with Gasteiger partial charge in [-0.2, -0.15) is 0 Å². The number of anilines is 1. The number of nitrogens with two attached hydrogens (primary N) is 1. The summed E-state index contributed by atoms with van der Waals surface area (Å²) < 4.78 is 0. The fourth-order valence-corrected chi connectivity index (χ4v) is 1.79. The molecule has 0 unspecified atom stereocenters. The molecular weight excluding hydrogens is 268 g/mol. The molecule has 0 saturated carbocycles. The maximum atomic E-state index is 11.9. The standard InChI is InChI=1S/C15H18N4O2/c1-15(2,16)14(21)18-9-12(20)19-11-7-3-5-10-6-4-8-17-13(10)11/h3-8H,9,16H2,1-2H3,(H,18,21)(H,19,20). The molecule has 110 valence electrons. The summed E-state index contributed by atoms with van der Waals surface area (Å²) in [6.45, 7) is 3.02. The van der Waals surface area contributed by atoms with Gasteiger partial charge in [-0.05, 0) is 26.0 Å². The van der Waals surface area contributed by atoms with Crippen molar-refractivity contribution in [1.82, 2.24) is 10.3 Å². The van der Waals surface area contributed by atoms with Gasteiger partial charge in [0.25, 0.3) is 0 Å². The van der Waals surface area contributed by atoms with Gasteiger partial charge < -0.3 is 16.4 Å². The number of nitrogens with one attached hydrogen (secondary N) is 2. The molecule has 6 heteroatoms. The number of hydrogen-bond acceptors (Lipinski definition) is 4. The lowest BCUT2D eigenvalue weighted by atomic mass is 10.1. The van der Waals surface area contributed by atoms with Crippen LogP contribution >= 0.6 is 0 Å². The number of rotatable bonds is 4. The van der Waals surface area contributed by atoms with Crippen LogP contribution in [-0.4, -0.2) is 28.9 Å². The van der Waals surface area contributed by atoms with Gasteiger partial charge in [-0.15, -0.1) is 0 Å². The minimum atomic E-state index is -1.01. The zero-order chi connectivity index (χ0) is 15.5. The van der Waals surface area contributed by atoms with Gasteiger partial charge >= 0.3 is 0 Å². The molecule has 0 spiro atoms. The van der Waals surface area contributed by atoms with E-state index >= 15 is 0 Å². The Kier molecular flexibility index (Phi) is 4.18. The summed E-state index contributed by atoms with van der Waals surface area (Å²) in [4.78, 5) is 27.7. The van der Waals surface area contributed by atoms with Gasteiger partial charge in [-0.25, -0.2) is 0 Å². The van der Waals surface area contributed by atoms with E-state index in [2.05, 4.69) is 15.6 Å². The van der Waals surface area contributed by atoms with E-state index in [-0.39, 0.29) is 18.4 Å². The van der Waals surface area contributed by atoms with E-state index in [1.165, 1.54) is 0 Å². The van der Waals surface area contributed by atoms with E-state index in [0.717, 1.165) is 5.39 Å². The van der Waals surface area contributed by atoms with Crippen molar-refractivity contribution in [2.24, 2.45) is 5.73 Å². The summed E-state index contributed by atoms with van der Waals surface area (Å²) in [5, 5.41) is 6.16. The minimum absolute atomic E-state index is 0.136. The number of carbonyl (C=O) groups excluding carboxylic acids is 2. The minimum Gasteiger partial charge on any atom is -0.345 e. The van der Waals surface area contributed by atoms with Crippen molar-refractivity contribution in [3.63, 3.8) is 0 Å². The number of aromatic nitrogens is 1. The SMILES string of the molecule is CC(C)(N)C(=O)NCC(=O)Nc1cccc2cccnc12. The third-order valence-corrected chi connectivity index (χ3v) is 2.90. The normalized spacial score (nSPS) is 11.2. The largest absolute Gasteiger partial charge is 0.345 e. The number of para-hydroxylation sites is 1. The molecule has 6 nitrogen and oxygen atoms in total. The van der Waals surface area contributed by atoms with Crippen molar-refractivity contribution in [2.45, 2.75) is 19.4 Å². The maximum absolute atomic E-state index is 11.9. The van der Waals surface area contributed by atoms with Crippen molar-refractivity contribution >= 4 is 28.4 Å². The topological polar surface area (TPSA) is 97.1 Å². The number of amides is 2. The Morgan fingerprint density at radius 2 is 1.95 bits per heavy atom. The Balaban J connectivity index is 2.04. The summed E-state index contributed by atoms with van der Waals surface area (Å²) in [7, 11) is 0. The quantitative estimate of drug-likeness (QED) is 0.782. The van der Waals surface area contributed by atoms with Gasteiger partial charge in [0.2, 0.25) is 11.8 Å². The van der Waals surface area contributed by atoms with E-state index < -0.39 is 5.54 Å². The van der Waals surface area contributed by atoms with Crippen LogP contribution in [0.4, 0.5) is 5.69 Å². The van der Waals surface area contributed by atoms with Crippen LogP contribution in [0, 0.1) is 0 Å². The number of carbonyl (C=O) groups is 2. The molecule has 2 amide bonds. The molecule has 0 bridgehead atoms. The van der Waals surface area contributed by atoms with Gasteiger partial charge in [-0.3, -0.25) is 14.6 Å². The van der Waals surface area contributed by atoms with E-state index in [0.29, 0.717) is 11.2 Å². The molecule has 21 heavy (non-hydrogen) atoms. The van der Waals surface area contributed by atoms with E-state index in [4.69, 9.17) is 5.73 Å². The predicted octanol–water partition coefficient (Wildman–Crippen LogP) is 1.03. The van der Waals surface area contributed by atoms with Crippen LogP contribution in [0.1, 0.15) is 13.8 Å². The van der Waals surface area contributed by atoms with Crippen molar-refractivity contribution in [3.8, 4) is 0 Å². The highest BCUT2D eigenvalue weighted by Crippen LogP contribution is 2.20. The second kappa shape index (κ2) is 5.88. The second-order valence-electron chi connectivity index (χ2n) is 5.33. The molecule has 2 aromatic rings. The smallest absolute Gasteiger partial charge is 0.243 e. The number of nitrogens with zero attached hydrogens (tertiary/aromatic N) is 1. The Morgan fingerprint density at radius 3 is 2.67 bits per heavy atom. The highest BCUT2D eigenvalue weighted by Gasteiger charge is 2.22. The van der Waals surface area contributed by atoms with Crippen molar-refractivity contribution < 1.29 is 9.59 Å². The second-order valence-corrected chi connectivity index (χ2v) is 5.33. The Morgan fingerprint density at radius 1 is 1.24 bits per heavy atom. The highest BCUT2D eigenvalue weighted by molar-refractivity contribution is 6.02. The first-order valence-electron chi connectivity index (χ1n) is 6.59. The van der Waals surface area contributed by atoms with Crippen LogP contribution in [0.25, 0.3) is 10.9 Å². The molecule has 2 rings (SSSR count). The predicted molar refractivity (Wildman–Crippen MR) is 81.6 cm³/mol. The van der Waals surface area contributed by atoms with Crippen molar-refractivity contribution in [3.05, 3.63) is 36.5 Å². The number of pyridine rings is 1. The van der Waals surface area contributed by atoms with Gasteiger partial charge in [-0.1, -0.05) is 18.2 Å². The monoisotopic (exact) mass is 286 g/mol. The molecule has 4 N–H and O–H groups in total. The van der Waals surface area contributed by atoms with Crippen LogP contribution < -0.4 is 16.4 Å². The first-order valence-corrected chi connectivity index (χ1v) is 6.59. The van der Waals surface area contributed by atoms with Gasteiger partial charge in [0.15, 0.2) is 0 Å². The molecule has 0 aliphatic heterocycles. The lowest BCUT2D eigenvalue weighted by molar-refractivity contribution is -0.127. The van der Waals surface area contributed by atoms with Crippen LogP contribution in [0.2, 0.25) is 0 Å². The Bertz CT molecular complexity index is 671. The molecular formula is C15H18N4O2. The summed E-state index contributed by atoms with van der Waals surface area (Å²) in [5.41, 5.74) is 5.94. The van der Waals surface area contributed by atoms with E-state index in [9.17, 15) is 9.59 Å². The average Bonchev–Trinajstić information content (AvgIpc) is 2.44. The van der Waals surface area contributed by atoms with Gasteiger partial charge in [0.05, 0.1) is 23.3 Å². The molecule has 1 heterocycles. The van der Waals surface area contributed by atoms with Crippen LogP contribution in [0.15, 0.2) is 36.5 Å². The Labute approximate surface area is 122 Å². The first kappa shape index (κ1) is 14.9. The third kappa shape index (κ3) is 3.76. The summed E-state index contributed by atoms with van der Waals surface area (Å²) >= 11 is 0. The Hall–Kier alpha value is -2.47. The lowest BCUT2D eigenvalue weighted by Crippen LogP contribution is -2.50. The van der Waals surface area contributed by atoms with Gasteiger partial charge in [0.1, 0.15) is 0 Å². The molecule has 0 fully saturated rings. The number of hydrogen-bond donors (Lipinski definition) is 3. The molecule has 0 aliphatic carbocycles. The molecule has 0 aliphatic rings. The molecule has 0 atom stereocenters. The zero-order valence-electron chi connectivity index (χ0n) is 12.0. The summed E-state index contributed by atoms with van der Waals surface area (Å²) in [6, 6.07) is 9.26. The highest BCUT2D eigenvalue weighted by atomic mass is 16.2. The zero-order valence-corrected chi connectivity index (χ0v) is 12.0. The lowest BCUT2D eigenvalue weighted by Gasteiger charge is -2.17. The molecule has 1 aromatic heterocycles. The number of fused-ring (bicyclic) bond motifs is 1. The number of benzene rings is 1. The first-order chi connectivity index (χ1) is 9.88. The van der Waals surface area contributed by atoms with E-state index in [1.807, 2.05) is 24.3 Å². The van der Waals surface area contributed by atoms with Gasteiger partial charge in [0, 0.05) is 11.6 Å². The molecule has 1 aromatic carbocycles. The fourth-order valence-electron chi connectivity index (χ4n) is 1.79. The van der Waals surface area contributed by atoms with Crippen molar-refractivity contribution in [1.29, 1.82) is 0 Å². The van der Waals surface area contributed by atoms with Crippen LogP contribution in [-0.2, 0) is 9.59 Å². The fraction of sp³-hybridized carbons (Fsp3) is 0.267. The van der Waals surface area contributed by atoms with Crippen LogP contribution in [0.5, 0.6) is 0 Å².